The number of ketones is 1. The Morgan fingerprint density at radius 3 is 2.68 bits per heavy atom. The number of carbonyl (C=O) groups is 3. The number of hydrogen-bond acceptors (Lipinski definition) is 4. The largest absolute Gasteiger partial charge is 0.481 e. The molecular formula is C20H24O5. The maximum atomic E-state index is 12.2. The fourth-order valence-corrected chi connectivity index (χ4v) is 3.11. The van der Waals surface area contributed by atoms with E-state index in [1.165, 1.54) is 0 Å². The molecule has 0 heterocycles. The van der Waals surface area contributed by atoms with Gasteiger partial charge in [0.05, 0.1) is 18.6 Å². The van der Waals surface area contributed by atoms with E-state index in [1.54, 1.807) is 0 Å². The van der Waals surface area contributed by atoms with E-state index < -0.39 is 11.9 Å². The zero-order chi connectivity index (χ0) is 18.1. The number of aldehydes is 1. The van der Waals surface area contributed by atoms with Crippen LogP contribution in [-0.2, 0) is 25.7 Å². The molecule has 1 fully saturated rings. The first-order valence-electron chi connectivity index (χ1n) is 8.62. The molecule has 1 aromatic carbocycles. The molecule has 1 aliphatic rings. The average molecular weight is 344 g/mol. The minimum absolute atomic E-state index is 0.0605. The van der Waals surface area contributed by atoms with Gasteiger partial charge in [0.25, 0.3) is 0 Å². The van der Waals surface area contributed by atoms with Crippen molar-refractivity contribution in [3.63, 3.8) is 0 Å². The van der Waals surface area contributed by atoms with E-state index in [0.29, 0.717) is 25.9 Å². The van der Waals surface area contributed by atoms with Gasteiger partial charge >= 0.3 is 5.97 Å². The smallest absolute Gasteiger partial charge is 0.303 e. The summed E-state index contributed by atoms with van der Waals surface area (Å²) in [5.74, 6) is -1.50. The van der Waals surface area contributed by atoms with E-state index in [-0.39, 0.29) is 30.6 Å². The lowest BCUT2D eigenvalue weighted by molar-refractivity contribution is -0.137. The lowest BCUT2D eigenvalue weighted by Crippen LogP contribution is -2.24. The Balaban J connectivity index is 1.83. The number of ether oxygens (including phenoxy) is 1. The summed E-state index contributed by atoms with van der Waals surface area (Å²) in [7, 11) is 0. The van der Waals surface area contributed by atoms with Crippen LogP contribution >= 0.6 is 0 Å². The van der Waals surface area contributed by atoms with E-state index in [4.69, 9.17) is 9.84 Å². The summed E-state index contributed by atoms with van der Waals surface area (Å²) in [5, 5.41) is 8.58. The summed E-state index contributed by atoms with van der Waals surface area (Å²) in [4.78, 5) is 34.1. The van der Waals surface area contributed by atoms with Gasteiger partial charge in [-0.2, -0.15) is 0 Å². The van der Waals surface area contributed by atoms with Crippen LogP contribution in [0.4, 0.5) is 0 Å². The molecule has 1 aromatic rings. The molecule has 2 rings (SSSR count). The maximum absolute atomic E-state index is 12.2. The van der Waals surface area contributed by atoms with Crippen LogP contribution in [-0.4, -0.2) is 29.2 Å². The maximum Gasteiger partial charge on any atom is 0.303 e. The molecule has 0 amide bonds. The molecule has 0 unspecified atom stereocenters. The molecule has 5 nitrogen and oxygen atoms in total. The van der Waals surface area contributed by atoms with Crippen LogP contribution in [0.25, 0.3) is 0 Å². The van der Waals surface area contributed by atoms with Gasteiger partial charge in [-0.15, -0.1) is 0 Å². The zero-order valence-corrected chi connectivity index (χ0v) is 14.2. The topological polar surface area (TPSA) is 80.7 Å². The summed E-state index contributed by atoms with van der Waals surface area (Å²) < 4.78 is 5.82. The highest BCUT2D eigenvalue weighted by Crippen LogP contribution is 2.33. The number of carbonyl (C=O) groups excluding carboxylic acids is 2. The van der Waals surface area contributed by atoms with Gasteiger partial charge in [0.15, 0.2) is 0 Å². The average Bonchev–Trinajstić information content (AvgIpc) is 2.91. The molecule has 0 aromatic heterocycles. The van der Waals surface area contributed by atoms with Crippen molar-refractivity contribution < 1.29 is 24.2 Å². The van der Waals surface area contributed by atoms with Gasteiger partial charge in [-0.25, -0.2) is 0 Å². The van der Waals surface area contributed by atoms with Crippen molar-refractivity contribution in [1.82, 2.24) is 0 Å². The lowest BCUT2D eigenvalue weighted by Gasteiger charge is -2.18. The number of carboxylic acids is 1. The van der Waals surface area contributed by atoms with E-state index in [0.717, 1.165) is 11.8 Å². The number of hydrogen-bond donors (Lipinski definition) is 1. The highest BCUT2D eigenvalue weighted by molar-refractivity contribution is 5.88. The van der Waals surface area contributed by atoms with Crippen molar-refractivity contribution in [1.29, 1.82) is 0 Å². The van der Waals surface area contributed by atoms with Crippen molar-refractivity contribution >= 4 is 18.0 Å². The van der Waals surface area contributed by atoms with E-state index in [9.17, 15) is 14.4 Å². The molecular weight excluding hydrogens is 320 g/mol. The number of aliphatic carboxylic acids is 1. The van der Waals surface area contributed by atoms with Crippen LogP contribution in [0.5, 0.6) is 0 Å². The molecule has 0 aliphatic heterocycles. The zero-order valence-electron chi connectivity index (χ0n) is 14.2. The lowest BCUT2D eigenvalue weighted by atomic mass is 9.92. The van der Waals surface area contributed by atoms with Crippen LogP contribution in [0.2, 0.25) is 0 Å². The summed E-state index contributed by atoms with van der Waals surface area (Å²) in [6.07, 6.45) is 6.38. The summed E-state index contributed by atoms with van der Waals surface area (Å²) in [5.41, 5.74) is 1.02. The van der Waals surface area contributed by atoms with Crippen molar-refractivity contribution in [3.8, 4) is 0 Å². The number of allylic oxidation sites excluding steroid dienone is 2. The second kappa shape index (κ2) is 9.89. The Labute approximate surface area is 147 Å². The fourth-order valence-electron chi connectivity index (χ4n) is 3.11. The Kier molecular flexibility index (Phi) is 7.54. The minimum atomic E-state index is -0.807. The first-order valence-corrected chi connectivity index (χ1v) is 8.62. The second-order valence-corrected chi connectivity index (χ2v) is 6.32. The van der Waals surface area contributed by atoms with E-state index in [2.05, 4.69) is 0 Å². The van der Waals surface area contributed by atoms with Crippen LogP contribution in [0, 0.1) is 11.8 Å². The fraction of sp³-hybridized carbons (Fsp3) is 0.450. The Morgan fingerprint density at radius 1 is 1.24 bits per heavy atom. The first-order chi connectivity index (χ1) is 12.1. The molecule has 1 saturated carbocycles. The van der Waals surface area contributed by atoms with Gasteiger partial charge in [-0.3, -0.25) is 9.59 Å². The second-order valence-electron chi connectivity index (χ2n) is 6.32. The molecule has 1 aliphatic carbocycles. The van der Waals surface area contributed by atoms with Gasteiger partial charge in [0.2, 0.25) is 0 Å². The number of rotatable bonds is 10. The normalized spacial score (nSPS) is 23.2. The van der Waals surface area contributed by atoms with Crippen molar-refractivity contribution in [3.05, 3.63) is 48.0 Å². The van der Waals surface area contributed by atoms with Crippen molar-refractivity contribution in [2.24, 2.45) is 11.8 Å². The third-order valence-corrected chi connectivity index (χ3v) is 4.49. The van der Waals surface area contributed by atoms with E-state index >= 15 is 0 Å². The first kappa shape index (κ1) is 19.1. The third kappa shape index (κ3) is 5.94. The monoisotopic (exact) mass is 344 g/mol. The van der Waals surface area contributed by atoms with Crippen LogP contribution in [0.1, 0.15) is 37.7 Å². The van der Waals surface area contributed by atoms with Gasteiger partial charge in [-0.1, -0.05) is 42.5 Å². The summed E-state index contributed by atoms with van der Waals surface area (Å²) >= 11 is 0. The highest BCUT2D eigenvalue weighted by atomic mass is 16.5. The van der Waals surface area contributed by atoms with Gasteiger partial charge in [0.1, 0.15) is 12.1 Å². The summed E-state index contributed by atoms with van der Waals surface area (Å²) in [6, 6.07) is 9.67. The van der Waals surface area contributed by atoms with Crippen LogP contribution < -0.4 is 0 Å². The predicted molar refractivity (Wildman–Crippen MR) is 92.9 cm³/mol. The number of Topliss-reactive ketones (excluding diaryl/α,β-unsaturated/α-hetero) is 1. The molecule has 1 N–H and O–H groups in total. The van der Waals surface area contributed by atoms with Gasteiger partial charge in [0, 0.05) is 18.8 Å². The van der Waals surface area contributed by atoms with Gasteiger partial charge in [-0.05, 0) is 24.8 Å². The molecule has 5 heteroatoms. The predicted octanol–water partition coefficient (Wildman–Crippen LogP) is 3.18. The van der Waals surface area contributed by atoms with Crippen molar-refractivity contribution in [2.75, 3.05) is 0 Å². The minimum Gasteiger partial charge on any atom is -0.481 e. The van der Waals surface area contributed by atoms with E-state index in [1.807, 2.05) is 42.5 Å². The van der Waals surface area contributed by atoms with Gasteiger partial charge < -0.3 is 14.6 Å². The molecule has 0 radical (unpaired) electrons. The number of unbranched alkanes of at least 4 members (excludes halogenated alkanes) is 1. The molecule has 134 valence electrons. The number of benzene rings is 1. The quantitative estimate of drug-likeness (QED) is 0.400. The van der Waals surface area contributed by atoms with Crippen molar-refractivity contribution in [2.45, 2.75) is 44.8 Å². The van der Waals surface area contributed by atoms with Crippen LogP contribution in [0.15, 0.2) is 42.5 Å². The van der Waals surface area contributed by atoms with Crippen LogP contribution in [0.3, 0.4) is 0 Å². The standard InChI is InChI=1S/C20H24O5/c21-13-17-16(10-6-1-2-7-11-20(23)24)18(22)12-19(17)25-14-15-8-4-3-5-9-15/h1,3-6,8-9,13,16-17,19H,2,7,10-12,14H2,(H,23,24)/b6-1+/t16-,17-,19-/m1/s1. The summed E-state index contributed by atoms with van der Waals surface area (Å²) in [6.45, 7) is 0.390. The molecule has 0 saturated heterocycles. The highest BCUT2D eigenvalue weighted by Gasteiger charge is 2.42. The SMILES string of the molecule is O=C[C@H]1[C@H](OCc2ccccc2)CC(=O)[C@@H]1C/C=C/CCCC(=O)O. The Bertz CT molecular complexity index is 608. The molecule has 0 spiro atoms. The molecule has 25 heavy (non-hydrogen) atoms. The number of carboxylic acid groups (broad SMARTS) is 1. The Hall–Kier alpha value is -2.27. The molecule has 0 bridgehead atoms. The Morgan fingerprint density at radius 2 is 2.00 bits per heavy atom. The third-order valence-electron chi connectivity index (χ3n) is 4.49. The molecule has 3 atom stereocenters.